The maximum Gasteiger partial charge on any atom is 0.318 e. The molecule has 2 aromatic heterocycles. The van der Waals surface area contributed by atoms with Gasteiger partial charge in [-0.3, -0.25) is 9.48 Å². The van der Waals surface area contributed by atoms with E-state index in [1.807, 2.05) is 43.1 Å². The molecule has 0 radical (unpaired) electrons. The number of fused-ring (bicyclic) bond motifs is 2. The third-order valence-corrected chi connectivity index (χ3v) is 8.94. The molecule has 3 aliphatic heterocycles. The first kappa shape index (κ1) is 31.7. The molecule has 234 valence electrons. The number of aryl methyl sites for hydroxylation is 2. The number of rotatable bonds is 4. The summed E-state index contributed by atoms with van der Waals surface area (Å²) < 4.78 is 23.4. The van der Waals surface area contributed by atoms with Crippen LogP contribution in [0.3, 0.4) is 0 Å². The van der Waals surface area contributed by atoms with Gasteiger partial charge in [0, 0.05) is 66.9 Å². The molecule has 5 heterocycles. The molecule has 0 aliphatic carbocycles. The number of nitrogens with zero attached hydrogens (tertiary/aromatic N) is 7. The maximum absolute atomic E-state index is 16.2. The Bertz CT molecular complexity index is 1680. The summed E-state index contributed by atoms with van der Waals surface area (Å²) in [5.74, 6) is 0.205. The summed E-state index contributed by atoms with van der Waals surface area (Å²) in [6.07, 6.45) is 8.38. The second-order valence-corrected chi connectivity index (χ2v) is 11.9. The van der Waals surface area contributed by atoms with E-state index in [4.69, 9.17) is 4.74 Å². The number of halogens is 2. The second-order valence-electron chi connectivity index (χ2n) is 11.9. The van der Waals surface area contributed by atoms with Crippen LogP contribution in [0.1, 0.15) is 24.8 Å². The molecule has 2 aromatic carbocycles. The van der Waals surface area contributed by atoms with Crippen molar-refractivity contribution in [2.24, 2.45) is 12.5 Å². The molecule has 9 nitrogen and oxygen atoms in total. The number of likely N-dealkylation sites (tertiary alicyclic amines) is 2. The highest BCUT2D eigenvalue weighted by molar-refractivity contribution is 6.15. The molecule has 44 heavy (non-hydrogen) atoms. The first-order valence-corrected chi connectivity index (χ1v) is 15.7. The summed E-state index contributed by atoms with van der Waals surface area (Å²) in [7, 11) is 5.53. The average molecular weight is 622 g/mol. The van der Waals surface area contributed by atoms with Crippen molar-refractivity contribution in [1.29, 1.82) is 0 Å². The van der Waals surface area contributed by atoms with Crippen LogP contribution >= 0.6 is 11.6 Å². The Kier molecular flexibility index (Phi) is 9.41. The number of carbonyl (C=O) groups is 1. The van der Waals surface area contributed by atoms with Gasteiger partial charge in [0.25, 0.3) is 0 Å². The van der Waals surface area contributed by atoms with Crippen molar-refractivity contribution in [3.8, 4) is 17.1 Å². The zero-order chi connectivity index (χ0) is 31.6. The summed E-state index contributed by atoms with van der Waals surface area (Å²) >= 11 is 4.64. The number of hydrogen-bond acceptors (Lipinski definition) is 7. The van der Waals surface area contributed by atoms with E-state index in [9.17, 15) is 4.79 Å². The van der Waals surface area contributed by atoms with E-state index in [1.54, 1.807) is 10.9 Å². The Morgan fingerprint density at radius 2 is 1.80 bits per heavy atom. The molecule has 0 N–H and O–H groups in total. The average Bonchev–Trinajstić information content (AvgIpc) is 3.78. The Balaban J connectivity index is 0.000000425. The van der Waals surface area contributed by atoms with Crippen molar-refractivity contribution < 1.29 is 13.9 Å². The molecular formula is C33H41ClFN7O2. The van der Waals surface area contributed by atoms with Crippen LogP contribution < -0.4 is 9.64 Å². The number of methoxy groups -OCH3 is 1. The minimum Gasteiger partial charge on any atom is -0.467 e. The van der Waals surface area contributed by atoms with Crippen LogP contribution in [0.15, 0.2) is 43.1 Å². The SMILES string of the molecule is C=CC(=O)N1CC2(CCN(c3nc(OC)nc4c(F)c(-c5c(C)ccc6cnn(C)c56)ccc34)C2)C1.CCl.CN1CCCC1. The second kappa shape index (κ2) is 13.1. The van der Waals surface area contributed by atoms with Crippen molar-refractivity contribution >= 4 is 45.1 Å². The van der Waals surface area contributed by atoms with Crippen LogP contribution in [0.25, 0.3) is 32.9 Å². The number of carbonyl (C=O) groups excluding carboxylic acids is 1. The Morgan fingerprint density at radius 1 is 1.07 bits per heavy atom. The van der Waals surface area contributed by atoms with Crippen LogP contribution in [-0.2, 0) is 11.8 Å². The molecule has 1 amide bonds. The molecule has 7 rings (SSSR count). The Labute approximate surface area is 263 Å². The fourth-order valence-corrected chi connectivity index (χ4v) is 6.66. The van der Waals surface area contributed by atoms with Gasteiger partial charge in [-0.25, -0.2) is 4.39 Å². The van der Waals surface area contributed by atoms with Crippen molar-refractivity contribution in [2.45, 2.75) is 26.2 Å². The monoisotopic (exact) mass is 621 g/mol. The van der Waals surface area contributed by atoms with E-state index in [-0.39, 0.29) is 22.8 Å². The van der Waals surface area contributed by atoms with Gasteiger partial charge >= 0.3 is 6.01 Å². The lowest BCUT2D eigenvalue weighted by molar-refractivity contribution is -0.136. The van der Waals surface area contributed by atoms with Crippen LogP contribution in [0, 0.1) is 18.2 Å². The van der Waals surface area contributed by atoms with Gasteiger partial charge in [0.1, 0.15) is 11.3 Å². The molecule has 4 aromatic rings. The van der Waals surface area contributed by atoms with Gasteiger partial charge < -0.3 is 19.4 Å². The van der Waals surface area contributed by atoms with E-state index in [0.717, 1.165) is 41.5 Å². The zero-order valence-corrected chi connectivity index (χ0v) is 27.0. The van der Waals surface area contributed by atoms with Gasteiger partial charge in [-0.1, -0.05) is 24.8 Å². The lowest BCUT2D eigenvalue weighted by Gasteiger charge is -2.47. The molecular weight excluding hydrogens is 581 g/mol. The highest BCUT2D eigenvalue weighted by Gasteiger charge is 2.49. The van der Waals surface area contributed by atoms with E-state index in [1.165, 1.54) is 45.5 Å². The van der Waals surface area contributed by atoms with E-state index in [2.05, 4.69) is 50.1 Å². The molecule has 0 unspecified atom stereocenters. The van der Waals surface area contributed by atoms with Crippen LogP contribution in [0.4, 0.5) is 10.2 Å². The molecule has 11 heteroatoms. The molecule has 3 aliphatic rings. The molecule has 3 saturated heterocycles. The van der Waals surface area contributed by atoms with Gasteiger partial charge in [0.05, 0.1) is 18.8 Å². The van der Waals surface area contributed by atoms with Gasteiger partial charge in [-0.15, -0.1) is 11.6 Å². The highest BCUT2D eigenvalue weighted by Crippen LogP contribution is 2.43. The molecule has 3 fully saturated rings. The van der Waals surface area contributed by atoms with Crippen LogP contribution in [0.2, 0.25) is 0 Å². The predicted octanol–water partition coefficient (Wildman–Crippen LogP) is 5.43. The normalized spacial score (nSPS) is 17.2. The van der Waals surface area contributed by atoms with Crippen molar-refractivity contribution in [2.75, 3.05) is 64.7 Å². The maximum atomic E-state index is 16.2. The van der Waals surface area contributed by atoms with Crippen molar-refractivity contribution in [3.63, 3.8) is 0 Å². The number of aromatic nitrogens is 4. The third kappa shape index (κ3) is 5.85. The van der Waals surface area contributed by atoms with Gasteiger partial charge in [0.15, 0.2) is 5.82 Å². The topological polar surface area (TPSA) is 79.6 Å². The van der Waals surface area contributed by atoms with E-state index >= 15 is 4.39 Å². The summed E-state index contributed by atoms with van der Waals surface area (Å²) in [6, 6.07) is 7.82. The molecule has 0 atom stereocenters. The summed E-state index contributed by atoms with van der Waals surface area (Å²) in [6.45, 7) is 11.1. The molecule has 1 spiro atoms. The number of benzene rings is 2. The van der Waals surface area contributed by atoms with Gasteiger partial charge in [-0.2, -0.15) is 15.1 Å². The molecule has 0 saturated carbocycles. The highest BCUT2D eigenvalue weighted by atomic mass is 35.5. The predicted molar refractivity (Wildman–Crippen MR) is 175 cm³/mol. The first-order chi connectivity index (χ1) is 21.2. The van der Waals surface area contributed by atoms with Crippen molar-refractivity contribution in [1.82, 2.24) is 29.5 Å². The number of hydrogen-bond donors (Lipinski definition) is 0. The zero-order valence-electron chi connectivity index (χ0n) is 26.2. The summed E-state index contributed by atoms with van der Waals surface area (Å²) in [5, 5.41) is 5.96. The Hall–Kier alpha value is -3.76. The minimum absolute atomic E-state index is 0.0218. The number of alkyl halides is 1. The lowest BCUT2D eigenvalue weighted by atomic mass is 9.79. The third-order valence-electron chi connectivity index (χ3n) is 8.94. The number of ether oxygens (including phenoxy) is 1. The van der Waals surface area contributed by atoms with E-state index in [0.29, 0.717) is 29.9 Å². The number of anilines is 1. The van der Waals surface area contributed by atoms with Crippen LogP contribution in [0.5, 0.6) is 6.01 Å². The fourth-order valence-electron chi connectivity index (χ4n) is 6.66. The number of amides is 1. The lowest BCUT2D eigenvalue weighted by Crippen LogP contribution is -2.59. The van der Waals surface area contributed by atoms with Gasteiger partial charge in [-0.05, 0) is 64.0 Å². The first-order valence-electron chi connectivity index (χ1n) is 14.9. The van der Waals surface area contributed by atoms with Crippen LogP contribution in [-0.4, -0.2) is 95.3 Å². The smallest absolute Gasteiger partial charge is 0.318 e. The standard InChI is InChI=1S/C27H27FN6O2.C5H11N.CH3Cl/c1-5-20(35)34-14-27(15-34)10-11-33(13-27)25-19-9-8-18(22(28)23(19)30-26(31-25)36-4)21-16(2)6-7-17-12-29-32(3)24(17)21;1-6-4-2-3-5-6;1-2/h5-9,12H,1,10-11,13-15H2,2-4H3;2-5H2,1H3;1H3. The van der Waals surface area contributed by atoms with E-state index < -0.39 is 5.82 Å². The molecule has 0 bridgehead atoms. The van der Waals surface area contributed by atoms with Crippen molar-refractivity contribution in [3.05, 3.63) is 54.5 Å². The quantitative estimate of drug-likeness (QED) is 0.222. The van der Waals surface area contributed by atoms with Gasteiger partial charge in [0.2, 0.25) is 5.91 Å². The summed E-state index contributed by atoms with van der Waals surface area (Å²) in [4.78, 5) is 27.3. The Morgan fingerprint density at radius 3 is 2.43 bits per heavy atom. The largest absolute Gasteiger partial charge is 0.467 e. The minimum atomic E-state index is -0.411. The summed E-state index contributed by atoms with van der Waals surface area (Å²) in [5.41, 5.74) is 3.35. The fraction of sp³-hybridized carbons (Fsp3) is 0.455.